The van der Waals surface area contributed by atoms with Gasteiger partial charge in [0.25, 0.3) is 0 Å². The summed E-state index contributed by atoms with van der Waals surface area (Å²) in [5.74, 6) is 1.73. The molecule has 0 aromatic carbocycles. The van der Waals surface area contributed by atoms with Crippen molar-refractivity contribution in [1.29, 1.82) is 0 Å². The Kier molecular flexibility index (Phi) is 4.12. The van der Waals surface area contributed by atoms with Gasteiger partial charge in [0, 0.05) is 25.6 Å². The molecule has 0 saturated carbocycles. The molecule has 1 fully saturated rings. The molecule has 0 amide bonds. The second-order valence-electron chi connectivity index (χ2n) is 4.96. The van der Waals surface area contributed by atoms with Gasteiger partial charge in [0.05, 0.1) is 12.6 Å². The number of hydrogen-bond acceptors (Lipinski definition) is 5. The molecule has 0 bridgehead atoms. The highest BCUT2D eigenvalue weighted by Gasteiger charge is 2.18. The summed E-state index contributed by atoms with van der Waals surface area (Å²) in [5.41, 5.74) is 0. The molecule has 1 aliphatic heterocycles. The van der Waals surface area contributed by atoms with Crippen LogP contribution >= 0.6 is 0 Å². The third-order valence-corrected chi connectivity index (χ3v) is 2.87. The standard InChI is InChI=1S/C12H21N3O2/c1-9(2)12-14-13-11(17-12)8-15-5-4-6-16-10(3)7-15/h9-10H,4-8H2,1-3H3. The SMILES string of the molecule is CC1CN(Cc2nnc(C(C)C)o2)CCCO1. The fraction of sp³-hybridized carbons (Fsp3) is 0.833. The Bertz CT molecular complexity index is 351. The Balaban J connectivity index is 1.94. The second kappa shape index (κ2) is 5.60. The molecule has 2 rings (SSSR count). The first-order valence-electron chi connectivity index (χ1n) is 6.31. The number of hydrogen-bond donors (Lipinski definition) is 0. The molecule has 1 aromatic rings. The highest BCUT2D eigenvalue weighted by molar-refractivity contribution is 4.87. The first kappa shape index (κ1) is 12.5. The predicted molar refractivity (Wildman–Crippen MR) is 63.7 cm³/mol. The third kappa shape index (κ3) is 3.51. The molecule has 0 N–H and O–H groups in total. The number of aromatic nitrogens is 2. The van der Waals surface area contributed by atoms with Crippen LogP contribution in [0.3, 0.4) is 0 Å². The van der Waals surface area contributed by atoms with Gasteiger partial charge in [-0.25, -0.2) is 0 Å². The maximum atomic E-state index is 5.62. The predicted octanol–water partition coefficient (Wildman–Crippen LogP) is 1.80. The molecule has 5 nitrogen and oxygen atoms in total. The van der Waals surface area contributed by atoms with Crippen LogP contribution in [-0.4, -0.2) is 40.9 Å². The molecule has 1 saturated heterocycles. The van der Waals surface area contributed by atoms with E-state index in [-0.39, 0.29) is 6.10 Å². The first-order chi connectivity index (χ1) is 8.15. The molecule has 1 aliphatic rings. The lowest BCUT2D eigenvalue weighted by molar-refractivity contribution is 0.0655. The molecule has 0 spiro atoms. The molecule has 96 valence electrons. The second-order valence-corrected chi connectivity index (χ2v) is 4.96. The van der Waals surface area contributed by atoms with Gasteiger partial charge in [-0.2, -0.15) is 0 Å². The third-order valence-electron chi connectivity index (χ3n) is 2.87. The molecule has 2 heterocycles. The average molecular weight is 239 g/mol. The number of ether oxygens (including phenoxy) is 1. The summed E-state index contributed by atoms with van der Waals surface area (Å²) >= 11 is 0. The summed E-state index contributed by atoms with van der Waals surface area (Å²) in [4.78, 5) is 2.31. The van der Waals surface area contributed by atoms with Gasteiger partial charge in [-0.3, -0.25) is 4.90 Å². The molecule has 17 heavy (non-hydrogen) atoms. The summed E-state index contributed by atoms with van der Waals surface area (Å²) < 4.78 is 11.2. The molecule has 0 radical (unpaired) electrons. The summed E-state index contributed by atoms with van der Waals surface area (Å²) in [6.07, 6.45) is 1.35. The molecule has 1 atom stereocenters. The Morgan fingerprint density at radius 1 is 1.41 bits per heavy atom. The highest BCUT2D eigenvalue weighted by Crippen LogP contribution is 2.14. The molecule has 5 heteroatoms. The van der Waals surface area contributed by atoms with Gasteiger partial charge in [-0.05, 0) is 13.3 Å². The largest absolute Gasteiger partial charge is 0.424 e. The van der Waals surface area contributed by atoms with E-state index in [0.717, 1.165) is 38.6 Å². The number of rotatable bonds is 3. The van der Waals surface area contributed by atoms with E-state index < -0.39 is 0 Å². The van der Waals surface area contributed by atoms with E-state index in [0.29, 0.717) is 11.8 Å². The molecular weight excluding hydrogens is 218 g/mol. The van der Waals surface area contributed by atoms with Crippen molar-refractivity contribution in [1.82, 2.24) is 15.1 Å². The van der Waals surface area contributed by atoms with Crippen LogP contribution < -0.4 is 0 Å². The highest BCUT2D eigenvalue weighted by atomic mass is 16.5. The van der Waals surface area contributed by atoms with E-state index in [9.17, 15) is 0 Å². The normalized spacial score (nSPS) is 22.9. The van der Waals surface area contributed by atoms with Gasteiger partial charge in [-0.15, -0.1) is 10.2 Å². The van der Waals surface area contributed by atoms with Crippen molar-refractivity contribution in [3.05, 3.63) is 11.8 Å². The molecule has 0 aliphatic carbocycles. The van der Waals surface area contributed by atoms with E-state index in [2.05, 4.69) is 35.9 Å². The Labute approximate surface area is 102 Å². The maximum Gasteiger partial charge on any atom is 0.230 e. The van der Waals surface area contributed by atoms with Gasteiger partial charge in [-0.1, -0.05) is 13.8 Å². The van der Waals surface area contributed by atoms with E-state index in [1.54, 1.807) is 0 Å². The van der Waals surface area contributed by atoms with Crippen LogP contribution in [0.5, 0.6) is 0 Å². The summed E-state index contributed by atoms with van der Waals surface area (Å²) in [7, 11) is 0. The van der Waals surface area contributed by atoms with Crippen molar-refractivity contribution in [2.24, 2.45) is 0 Å². The van der Waals surface area contributed by atoms with Crippen molar-refractivity contribution in [3.63, 3.8) is 0 Å². The summed E-state index contributed by atoms with van der Waals surface area (Å²) in [6.45, 7) is 9.75. The Morgan fingerprint density at radius 3 is 2.94 bits per heavy atom. The van der Waals surface area contributed by atoms with E-state index in [1.165, 1.54) is 0 Å². The molecule has 1 aromatic heterocycles. The van der Waals surface area contributed by atoms with Crippen LogP contribution in [0.25, 0.3) is 0 Å². The quantitative estimate of drug-likeness (QED) is 0.805. The van der Waals surface area contributed by atoms with Gasteiger partial charge in [0.2, 0.25) is 11.8 Å². The van der Waals surface area contributed by atoms with E-state index in [1.807, 2.05) is 0 Å². The van der Waals surface area contributed by atoms with Crippen molar-refractivity contribution in [2.45, 2.75) is 45.8 Å². The lowest BCUT2D eigenvalue weighted by Gasteiger charge is -2.19. The van der Waals surface area contributed by atoms with Gasteiger partial charge in [0.1, 0.15) is 0 Å². The van der Waals surface area contributed by atoms with Crippen LogP contribution in [-0.2, 0) is 11.3 Å². The minimum absolute atomic E-state index is 0.282. The minimum atomic E-state index is 0.282. The average Bonchev–Trinajstić information content (AvgIpc) is 2.63. The lowest BCUT2D eigenvalue weighted by atomic mass is 10.2. The number of nitrogens with zero attached hydrogens (tertiary/aromatic N) is 3. The summed E-state index contributed by atoms with van der Waals surface area (Å²) in [6, 6.07) is 0. The lowest BCUT2D eigenvalue weighted by Crippen LogP contribution is -2.29. The van der Waals surface area contributed by atoms with E-state index >= 15 is 0 Å². The Hall–Kier alpha value is -0.940. The zero-order chi connectivity index (χ0) is 12.3. The maximum absolute atomic E-state index is 5.62. The van der Waals surface area contributed by atoms with Crippen LogP contribution in [0.15, 0.2) is 4.42 Å². The zero-order valence-electron chi connectivity index (χ0n) is 10.8. The summed E-state index contributed by atoms with van der Waals surface area (Å²) in [5, 5.41) is 8.14. The fourth-order valence-corrected chi connectivity index (χ4v) is 1.98. The fourth-order valence-electron chi connectivity index (χ4n) is 1.98. The van der Waals surface area contributed by atoms with Crippen molar-refractivity contribution < 1.29 is 9.15 Å². The van der Waals surface area contributed by atoms with Crippen molar-refractivity contribution in [2.75, 3.05) is 19.7 Å². The Morgan fingerprint density at radius 2 is 2.24 bits per heavy atom. The van der Waals surface area contributed by atoms with Gasteiger partial charge in [0.15, 0.2) is 0 Å². The van der Waals surface area contributed by atoms with Crippen LogP contribution in [0.4, 0.5) is 0 Å². The van der Waals surface area contributed by atoms with Crippen molar-refractivity contribution >= 4 is 0 Å². The smallest absolute Gasteiger partial charge is 0.230 e. The monoisotopic (exact) mass is 239 g/mol. The minimum Gasteiger partial charge on any atom is -0.424 e. The van der Waals surface area contributed by atoms with Gasteiger partial charge < -0.3 is 9.15 Å². The molecular formula is C12H21N3O2. The topological polar surface area (TPSA) is 51.4 Å². The van der Waals surface area contributed by atoms with Crippen LogP contribution in [0.1, 0.15) is 44.9 Å². The van der Waals surface area contributed by atoms with Crippen LogP contribution in [0.2, 0.25) is 0 Å². The van der Waals surface area contributed by atoms with Crippen LogP contribution in [0, 0.1) is 0 Å². The first-order valence-corrected chi connectivity index (χ1v) is 6.31. The van der Waals surface area contributed by atoms with Gasteiger partial charge >= 0.3 is 0 Å². The zero-order valence-corrected chi connectivity index (χ0v) is 10.8. The molecule has 1 unspecified atom stereocenters. The van der Waals surface area contributed by atoms with E-state index in [4.69, 9.17) is 9.15 Å². The van der Waals surface area contributed by atoms with Crippen molar-refractivity contribution in [3.8, 4) is 0 Å².